The summed E-state index contributed by atoms with van der Waals surface area (Å²) in [5.74, 6) is 1.24. The van der Waals surface area contributed by atoms with Crippen molar-refractivity contribution >= 4 is 5.91 Å². The molecule has 0 saturated heterocycles. The van der Waals surface area contributed by atoms with Crippen LogP contribution in [0, 0.1) is 5.92 Å². The number of imidazole rings is 1. The summed E-state index contributed by atoms with van der Waals surface area (Å²) in [6, 6.07) is 5.59. The fraction of sp³-hybridized carbons (Fsp3) is 0.500. The van der Waals surface area contributed by atoms with Crippen LogP contribution in [0.25, 0.3) is 0 Å². The number of hydrogen-bond donors (Lipinski definition) is 2. The Balaban J connectivity index is 1.61. The quantitative estimate of drug-likeness (QED) is 0.813. The lowest BCUT2D eigenvalue weighted by Crippen LogP contribution is -2.42. The van der Waals surface area contributed by atoms with Gasteiger partial charge in [0.25, 0.3) is 0 Å². The van der Waals surface area contributed by atoms with Crippen molar-refractivity contribution in [3.63, 3.8) is 0 Å². The highest BCUT2D eigenvalue weighted by atomic mass is 16.3. The van der Waals surface area contributed by atoms with Gasteiger partial charge in [0.2, 0.25) is 5.91 Å². The standard InChI is InChI=1S/C18H24N4O2/c1-2-16-20-8-10-22(16)9-6-17(24)21-18(13-11-14(23)12-13)15-5-3-4-7-19-15/h3-5,7-8,10,13-14,18,23H,2,6,9,11-12H2,1H3,(H,21,24)/t13?,14?,18-/m0/s1. The van der Waals surface area contributed by atoms with E-state index in [2.05, 4.69) is 22.2 Å². The molecule has 0 aromatic carbocycles. The van der Waals surface area contributed by atoms with Crippen molar-refractivity contribution < 1.29 is 9.90 Å². The highest BCUT2D eigenvalue weighted by Gasteiger charge is 2.36. The third-order valence-electron chi connectivity index (χ3n) is 4.64. The Morgan fingerprint density at radius 1 is 1.38 bits per heavy atom. The number of hydrogen-bond acceptors (Lipinski definition) is 4. The van der Waals surface area contributed by atoms with Gasteiger partial charge in [0, 0.05) is 38.0 Å². The van der Waals surface area contributed by atoms with E-state index < -0.39 is 0 Å². The molecule has 6 nitrogen and oxygen atoms in total. The summed E-state index contributed by atoms with van der Waals surface area (Å²) in [7, 11) is 0. The summed E-state index contributed by atoms with van der Waals surface area (Å²) in [5.41, 5.74) is 0.861. The molecule has 2 N–H and O–H groups in total. The summed E-state index contributed by atoms with van der Waals surface area (Å²) >= 11 is 0. The molecule has 0 aliphatic heterocycles. The maximum atomic E-state index is 12.4. The van der Waals surface area contributed by atoms with Gasteiger partial charge >= 0.3 is 0 Å². The number of carbonyl (C=O) groups excluding carboxylic acids is 1. The van der Waals surface area contributed by atoms with Crippen LogP contribution < -0.4 is 5.32 Å². The van der Waals surface area contributed by atoms with E-state index in [0.717, 1.165) is 17.9 Å². The highest BCUT2D eigenvalue weighted by Crippen LogP contribution is 2.37. The van der Waals surface area contributed by atoms with Gasteiger partial charge in [-0.1, -0.05) is 13.0 Å². The summed E-state index contributed by atoms with van der Waals surface area (Å²) in [5, 5.41) is 12.7. The number of nitrogens with zero attached hydrogens (tertiary/aromatic N) is 3. The van der Waals surface area contributed by atoms with Gasteiger partial charge in [0.15, 0.2) is 0 Å². The lowest BCUT2D eigenvalue weighted by molar-refractivity contribution is -0.123. The molecule has 0 spiro atoms. The van der Waals surface area contributed by atoms with Crippen LogP contribution in [0.4, 0.5) is 0 Å². The zero-order valence-corrected chi connectivity index (χ0v) is 13.9. The molecule has 1 amide bonds. The molecule has 3 rings (SSSR count). The minimum Gasteiger partial charge on any atom is -0.393 e. The molecule has 1 aliphatic rings. The van der Waals surface area contributed by atoms with Gasteiger partial charge in [-0.2, -0.15) is 0 Å². The fourth-order valence-corrected chi connectivity index (χ4v) is 3.22. The fourth-order valence-electron chi connectivity index (χ4n) is 3.22. The molecule has 0 unspecified atom stereocenters. The van der Waals surface area contributed by atoms with E-state index in [4.69, 9.17) is 0 Å². The van der Waals surface area contributed by atoms with Crippen LogP contribution in [0.2, 0.25) is 0 Å². The zero-order chi connectivity index (χ0) is 16.9. The molecular formula is C18H24N4O2. The molecule has 24 heavy (non-hydrogen) atoms. The van der Waals surface area contributed by atoms with Crippen molar-refractivity contribution in [2.45, 2.75) is 51.3 Å². The molecule has 6 heteroatoms. The summed E-state index contributed by atoms with van der Waals surface area (Å²) in [4.78, 5) is 21.1. The van der Waals surface area contributed by atoms with Crippen LogP contribution in [-0.4, -0.2) is 31.7 Å². The first-order valence-corrected chi connectivity index (χ1v) is 8.55. The van der Waals surface area contributed by atoms with E-state index in [1.54, 1.807) is 12.4 Å². The number of pyridine rings is 1. The van der Waals surface area contributed by atoms with Gasteiger partial charge in [0.1, 0.15) is 5.82 Å². The van der Waals surface area contributed by atoms with E-state index in [9.17, 15) is 9.90 Å². The molecular weight excluding hydrogens is 304 g/mol. The van der Waals surface area contributed by atoms with Crippen molar-refractivity contribution in [2.24, 2.45) is 5.92 Å². The topological polar surface area (TPSA) is 80.0 Å². The summed E-state index contributed by atoms with van der Waals surface area (Å²) in [6.07, 6.45) is 7.84. The molecule has 128 valence electrons. The van der Waals surface area contributed by atoms with E-state index in [0.29, 0.717) is 25.8 Å². The number of aliphatic hydroxyl groups is 1. The SMILES string of the molecule is CCc1nccn1CCC(=O)N[C@H](c1ccccn1)C1CC(O)C1. The zero-order valence-electron chi connectivity index (χ0n) is 13.9. The van der Waals surface area contributed by atoms with Crippen LogP contribution in [0.3, 0.4) is 0 Å². The lowest BCUT2D eigenvalue weighted by Gasteiger charge is -2.37. The summed E-state index contributed by atoms with van der Waals surface area (Å²) < 4.78 is 2.02. The summed E-state index contributed by atoms with van der Waals surface area (Å²) in [6.45, 7) is 2.68. The molecule has 1 atom stereocenters. The third kappa shape index (κ3) is 3.82. The Labute approximate surface area is 141 Å². The Kier molecular flexibility index (Phi) is 5.25. The number of amides is 1. The second-order valence-corrected chi connectivity index (χ2v) is 6.33. The van der Waals surface area contributed by atoms with E-state index in [1.165, 1.54) is 0 Å². The Morgan fingerprint density at radius 3 is 2.88 bits per heavy atom. The van der Waals surface area contributed by atoms with Crippen LogP contribution >= 0.6 is 0 Å². The number of carbonyl (C=O) groups is 1. The molecule has 1 saturated carbocycles. The maximum absolute atomic E-state index is 12.4. The Morgan fingerprint density at radius 2 is 2.21 bits per heavy atom. The smallest absolute Gasteiger partial charge is 0.222 e. The van der Waals surface area contributed by atoms with Gasteiger partial charge in [-0.05, 0) is 30.9 Å². The minimum absolute atomic E-state index is 0.00259. The van der Waals surface area contributed by atoms with Crippen LogP contribution in [0.15, 0.2) is 36.8 Å². The average Bonchev–Trinajstić information content (AvgIpc) is 3.03. The van der Waals surface area contributed by atoms with Crippen LogP contribution in [0.5, 0.6) is 0 Å². The second kappa shape index (κ2) is 7.57. The van der Waals surface area contributed by atoms with Crippen molar-refractivity contribution in [3.05, 3.63) is 48.3 Å². The van der Waals surface area contributed by atoms with E-state index in [1.807, 2.05) is 29.0 Å². The van der Waals surface area contributed by atoms with E-state index >= 15 is 0 Å². The predicted octanol–water partition coefficient (Wildman–Crippen LogP) is 1.86. The van der Waals surface area contributed by atoms with Gasteiger partial charge in [0.05, 0.1) is 17.8 Å². The Bertz CT molecular complexity index is 665. The third-order valence-corrected chi connectivity index (χ3v) is 4.64. The predicted molar refractivity (Wildman–Crippen MR) is 90.1 cm³/mol. The number of aliphatic hydroxyl groups excluding tert-OH is 1. The largest absolute Gasteiger partial charge is 0.393 e. The highest BCUT2D eigenvalue weighted by molar-refractivity contribution is 5.76. The van der Waals surface area contributed by atoms with Gasteiger partial charge in [-0.3, -0.25) is 9.78 Å². The van der Waals surface area contributed by atoms with E-state index in [-0.39, 0.29) is 24.0 Å². The first-order chi connectivity index (χ1) is 11.7. The molecule has 2 aromatic heterocycles. The van der Waals surface area contributed by atoms with Crippen molar-refractivity contribution in [3.8, 4) is 0 Å². The number of aryl methyl sites for hydroxylation is 2. The molecule has 0 bridgehead atoms. The monoisotopic (exact) mass is 328 g/mol. The van der Waals surface area contributed by atoms with Crippen molar-refractivity contribution in [1.29, 1.82) is 0 Å². The number of rotatable bonds is 7. The average molecular weight is 328 g/mol. The van der Waals surface area contributed by atoms with Gasteiger partial charge < -0.3 is 15.0 Å². The number of aromatic nitrogens is 3. The molecule has 0 radical (unpaired) electrons. The number of nitrogens with one attached hydrogen (secondary N) is 1. The lowest BCUT2D eigenvalue weighted by atomic mass is 9.76. The second-order valence-electron chi connectivity index (χ2n) is 6.33. The molecule has 2 aromatic rings. The van der Waals surface area contributed by atoms with Crippen LogP contribution in [0.1, 0.15) is 43.7 Å². The maximum Gasteiger partial charge on any atom is 0.222 e. The van der Waals surface area contributed by atoms with Crippen molar-refractivity contribution in [1.82, 2.24) is 19.9 Å². The first kappa shape index (κ1) is 16.6. The minimum atomic E-state index is -0.254. The normalized spacial score (nSPS) is 21.1. The van der Waals surface area contributed by atoms with Gasteiger partial charge in [-0.15, -0.1) is 0 Å². The molecule has 2 heterocycles. The first-order valence-electron chi connectivity index (χ1n) is 8.55. The Hall–Kier alpha value is -2.21. The van der Waals surface area contributed by atoms with Crippen molar-refractivity contribution in [2.75, 3.05) is 0 Å². The molecule has 1 aliphatic carbocycles. The van der Waals surface area contributed by atoms with Gasteiger partial charge in [-0.25, -0.2) is 4.98 Å². The van der Waals surface area contributed by atoms with Crippen LogP contribution in [-0.2, 0) is 17.8 Å². The molecule has 1 fully saturated rings.